The average molecular weight is 416 g/mol. The minimum atomic E-state index is -0.424. The molecule has 0 atom stereocenters. The molecule has 0 bridgehead atoms. The second-order valence-corrected chi connectivity index (χ2v) is 7.23. The van der Waals surface area contributed by atoms with Gasteiger partial charge in [-0.05, 0) is 42.8 Å². The molecular weight excluding hydrogens is 395 g/mol. The van der Waals surface area contributed by atoms with Crippen LogP contribution in [0, 0.1) is 5.82 Å². The van der Waals surface area contributed by atoms with E-state index in [0.29, 0.717) is 35.7 Å². The number of rotatable bonds is 7. The molecule has 1 aromatic heterocycles. The Morgan fingerprint density at radius 3 is 2.62 bits per heavy atom. The van der Waals surface area contributed by atoms with Crippen LogP contribution in [-0.2, 0) is 27.2 Å². The maximum absolute atomic E-state index is 13.0. The number of hydrogen-bond acceptors (Lipinski definition) is 5. The summed E-state index contributed by atoms with van der Waals surface area (Å²) >= 11 is 1.32. The van der Waals surface area contributed by atoms with Crippen molar-refractivity contribution >= 4 is 33.4 Å². The molecule has 0 radical (unpaired) electrons. The van der Waals surface area contributed by atoms with Gasteiger partial charge in [-0.1, -0.05) is 23.5 Å². The van der Waals surface area contributed by atoms with Gasteiger partial charge in [-0.3, -0.25) is 4.79 Å². The molecule has 1 amide bonds. The lowest BCUT2D eigenvalue weighted by molar-refractivity contribution is -0.117. The lowest BCUT2D eigenvalue weighted by atomic mass is 10.1. The minimum absolute atomic E-state index is 0.0768. The maximum atomic E-state index is 13.0. The van der Waals surface area contributed by atoms with E-state index in [1.807, 2.05) is 17.6 Å². The number of thiazole rings is 1. The molecule has 6 nitrogen and oxygen atoms in total. The lowest BCUT2D eigenvalue weighted by Crippen LogP contribution is -2.20. The third-order valence-electron chi connectivity index (χ3n) is 4.26. The van der Waals surface area contributed by atoms with E-state index in [4.69, 9.17) is 9.47 Å². The van der Waals surface area contributed by atoms with Gasteiger partial charge in [-0.15, -0.1) is 0 Å². The van der Waals surface area contributed by atoms with Crippen LogP contribution >= 0.6 is 11.3 Å². The second-order valence-electron chi connectivity index (χ2n) is 6.22. The number of halogens is 1. The molecule has 0 aliphatic carbocycles. The average Bonchev–Trinajstić information content (AvgIpc) is 3.05. The molecule has 0 saturated heterocycles. The number of aromatic nitrogens is 1. The van der Waals surface area contributed by atoms with E-state index < -0.39 is 5.97 Å². The van der Waals surface area contributed by atoms with Gasteiger partial charge < -0.3 is 14.0 Å². The summed E-state index contributed by atoms with van der Waals surface area (Å²) in [5.74, 6) is -1.11. The summed E-state index contributed by atoms with van der Waals surface area (Å²) in [6, 6.07) is 11.0. The highest BCUT2D eigenvalue weighted by Gasteiger charge is 2.12. The van der Waals surface area contributed by atoms with Crippen LogP contribution in [0.1, 0.15) is 22.8 Å². The minimum Gasteiger partial charge on any atom is -0.465 e. The van der Waals surface area contributed by atoms with E-state index >= 15 is 0 Å². The number of hydrogen-bond donors (Lipinski definition) is 0. The zero-order chi connectivity index (χ0) is 20.8. The Kier molecular flexibility index (Phi) is 6.90. The highest BCUT2D eigenvalue weighted by Crippen LogP contribution is 2.20. The van der Waals surface area contributed by atoms with Crippen molar-refractivity contribution in [2.75, 3.05) is 20.3 Å². The number of ether oxygens (including phenoxy) is 2. The first-order chi connectivity index (χ1) is 14.0. The van der Waals surface area contributed by atoms with Crippen LogP contribution in [0.5, 0.6) is 0 Å². The first-order valence-corrected chi connectivity index (χ1v) is 9.95. The fourth-order valence-corrected chi connectivity index (χ4v) is 3.96. The van der Waals surface area contributed by atoms with Gasteiger partial charge in [0, 0.05) is 13.2 Å². The second kappa shape index (κ2) is 9.58. The number of fused-ring (bicyclic) bond motifs is 1. The van der Waals surface area contributed by atoms with Crippen LogP contribution in [0.15, 0.2) is 47.5 Å². The SMILES string of the molecule is CCOCCn1c(=NC(=O)Cc2ccc(F)cc2)sc2cc(C(=O)OC)ccc21. The highest BCUT2D eigenvalue weighted by molar-refractivity contribution is 7.16. The lowest BCUT2D eigenvalue weighted by Gasteiger charge is -2.06. The van der Waals surface area contributed by atoms with Crippen LogP contribution in [0.3, 0.4) is 0 Å². The third kappa shape index (κ3) is 5.16. The van der Waals surface area contributed by atoms with Crippen LogP contribution in [0.2, 0.25) is 0 Å². The van der Waals surface area contributed by atoms with Crippen molar-refractivity contribution in [1.82, 2.24) is 4.57 Å². The first-order valence-electron chi connectivity index (χ1n) is 9.13. The van der Waals surface area contributed by atoms with Crippen molar-refractivity contribution in [3.63, 3.8) is 0 Å². The van der Waals surface area contributed by atoms with Gasteiger partial charge in [0.05, 0.1) is 35.9 Å². The van der Waals surface area contributed by atoms with E-state index in [-0.39, 0.29) is 18.1 Å². The predicted octanol–water partition coefficient (Wildman–Crippen LogP) is 3.34. The Labute approximate surface area is 171 Å². The number of carbonyl (C=O) groups is 2. The summed E-state index contributed by atoms with van der Waals surface area (Å²) < 4.78 is 26.0. The fraction of sp³-hybridized carbons (Fsp3) is 0.286. The molecule has 2 aromatic carbocycles. The Hall–Kier alpha value is -2.84. The van der Waals surface area contributed by atoms with E-state index in [0.717, 1.165) is 10.2 Å². The molecular formula is C21H21FN2O4S. The van der Waals surface area contributed by atoms with Crippen molar-refractivity contribution in [3.8, 4) is 0 Å². The Balaban J connectivity index is 1.97. The molecule has 29 heavy (non-hydrogen) atoms. The molecule has 0 aliphatic heterocycles. The van der Waals surface area contributed by atoms with E-state index in [9.17, 15) is 14.0 Å². The van der Waals surface area contributed by atoms with Gasteiger partial charge in [0.15, 0.2) is 4.80 Å². The number of nitrogens with zero attached hydrogens (tertiary/aromatic N) is 2. The zero-order valence-corrected chi connectivity index (χ0v) is 17.0. The smallest absolute Gasteiger partial charge is 0.337 e. The molecule has 0 aliphatic rings. The molecule has 0 fully saturated rings. The predicted molar refractivity (Wildman–Crippen MR) is 108 cm³/mol. The molecule has 0 spiro atoms. The monoisotopic (exact) mass is 416 g/mol. The molecule has 0 N–H and O–H groups in total. The van der Waals surface area contributed by atoms with E-state index in [1.165, 1.54) is 30.6 Å². The molecule has 3 rings (SSSR count). The van der Waals surface area contributed by atoms with E-state index in [1.54, 1.807) is 24.3 Å². The maximum Gasteiger partial charge on any atom is 0.337 e. The summed E-state index contributed by atoms with van der Waals surface area (Å²) in [5.41, 5.74) is 1.98. The highest BCUT2D eigenvalue weighted by atomic mass is 32.1. The quantitative estimate of drug-likeness (QED) is 0.438. The number of amides is 1. The largest absolute Gasteiger partial charge is 0.465 e. The summed E-state index contributed by atoms with van der Waals surface area (Å²) in [4.78, 5) is 29.1. The molecule has 8 heteroatoms. The van der Waals surface area contributed by atoms with Crippen molar-refractivity contribution in [1.29, 1.82) is 0 Å². The van der Waals surface area contributed by atoms with Crippen molar-refractivity contribution in [3.05, 3.63) is 64.2 Å². The molecule has 152 valence electrons. The van der Waals surface area contributed by atoms with Crippen molar-refractivity contribution in [2.24, 2.45) is 4.99 Å². The third-order valence-corrected chi connectivity index (χ3v) is 5.30. The van der Waals surface area contributed by atoms with Crippen LogP contribution in [0.4, 0.5) is 4.39 Å². The van der Waals surface area contributed by atoms with Gasteiger partial charge in [-0.2, -0.15) is 4.99 Å². The molecule has 3 aromatic rings. The van der Waals surface area contributed by atoms with Gasteiger partial charge in [0.1, 0.15) is 5.82 Å². The summed E-state index contributed by atoms with van der Waals surface area (Å²) in [6.45, 7) is 3.50. The Morgan fingerprint density at radius 1 is 1.17 bits per heavy atom. The summed E-state index contributed by atoms with van der Waals surface area (Å²) in [6.07, 6.45) is 0.0768. The van der Waals surface area contributed by atoms with Gasteiger partial charge in [-0.25, -0.2) is 9.18 Å². The van der Waals surface area contributed by atoms with Crippen molar-refractivity contribution < 1.29 is 23.5 Å². The van der Waals surface area contributed by atoms with Crippen LogP contribution in [-0.4, -0.2) is 36.8 Å². The number of methoxy groups -OCH3 is 1. The van der Waals surface area contributed by atoms with Crippen LogP contribution < -0.4 is 4.80 Å². The normalized spacial score (nSPS) is 11.8. The van der Waals surface area contributed by atoms with Crippen LogP contribution in [0.25, 0.3) is 10.2 Å². The fourth-order valence-electron chi connectivity index (χ4n) is 2.84. The number of esters is 1. The zero-order valence-electron chi connectivity index (χ0n) is 16.2. The molecule has 1 heterocycles. The van der Waals surface area contributed by atoms with Gasteiger partial charge in [0.2, 0.25) is 0 Å². The van der Waals surface area contributed by atoms with Gasteiger partial charge in [0.25, 0.3) is 5.91 Å². The van der Waals surface area contributed by atoms with E-state index in [2.05, 4.69) is 4.99 Å². The Morgan fingerprint density at radius 2 is 1.93 bits per heavy atom. The standard InChI is InChI=1S/C21H21FN2O4S/c1-3-28-11-10-24-17-9-6-15(20(26)27-2)13-18(17)29-21(24)23-19(25)12-14-4-7-16(22)8-5-14/h4-9,13H,3,10-12H2,1-2H3. The summed E-state index contributed by atoms with van der Waals surface area (Å²) in [5, 5.41) is 0. The molecule has 0 unspecified atom stereocenters. The number of carbonyl (C=O) groups excluding carboxylic acids is 2. The number of benzene rings is 2. The molecule has 0 saturated carbocycles. The summed E-state index contributed by atoms with van der Waals surface area (Å²) in [7, 11) is 1.33. The topological polar surface area (TPSA) is 69.9 Å². The van der Waals surface area contributed by atoms with Crippen molar-refractivity contribution in [2.45, 2.75) is 19.9 Å². The Bertz CT molecular complexity index is 1090. The van der Waals surface area contributed by atoms with Gasteiger partial charge >= 0.3 is 5.97 Å². The first kappa shape index (κ1) is 20.9.